The predicted molar refractivity (Wildman–Crippen MR) is 97.3 cm³/mol. The van der Waals surface area contributed by atoms with Crippen molar-refractivity contribution in [1.29, 1.82) is 0 Å². The van der Waals surface area contributed by atoms with E-state index in [9.17, 15) is 15.0 Å². The number of aliphatic hydroxyl groups excluding tert-OH is 2. The Kier molecular flexibility index (Phi) is 8.78. The number of carbonyl (C=O) groups is 1. The van der Waals surface area contributed by atoms with E-state index in [1.165, 1.54) is 0 Å². The van der Waals surface area contributed by atoms with Gasteiger partial charge in [0, 0.05) is 24.7 Å². The number of unbranched alkanes of at least 4 members (excludes halogenated alkanes) is 1. The van der Waals surface area contributed by atoms with E-state index in [1.807, 2.05) is 12.2 Å². The molecule has 6 unspecified atom stereocenters. The minimum absolute atomic E-state index is 0.0475. The van der Waals surface area contributed by atoms with E-state index in [0.717, 1.165) is 25.7 Å². The lowest BCUT2D eigenvalue weighted by atomic mass is 9.89. The van der Waals surface area contributed by atoms with Gasteiger partial charge in [0.2, 0.25) is 0 Å². The standard InChI is InChI=1S/C20H32O6/c1-14(21)7-6-8-15(22)11-12-17-16(18-13-19(17)26-25-18)9-4-2-3-5-10-20(23)24/h2,4,11-12,14-19,21-22H,3,5-10,13H2,1H3,(H,23,24). The summed E-state index contributed by atoms with van der Waals surface area (Å²) in [5, 5.41) is 28.0. The van der Waals surface area contributed by atoms with Gasteiger partial charge in [-0.05, 0) is 45.4 Å². The number of fused-ring (bicyclic) bond motifs is 2. The maximum Gasteiger partial charge on any atom is 0.303 e. The van der Waals surface area contributed by atoms with Crippen LogP contribution in [0.1, 0.15) is 58.3 Å². The maximum absolute atomic E-state index is 10.5. The number of rotatable bonds is 12. The van der Waals surface area contributed by atoms with Crippen LogP contribution in [0.4, 0.5) is 0 Å². The Morgan fingerprint density at radius 3 is 2.65 bits per heavy atom. The van der Waals surface area contributed by atoms with Crippen molar-refractivity contribution in [1.82, 2.24) is 0 Å². The molecule has 1 heterocycles. The zero-order chi connectivity index (χ0) is 18.9. The summed E-state index contributed by atoms with van der Waals surface area (Å²) in [7, 11) is 0. The Labute approximate surface area is 155 Å². The SMILES string of the molecule is CC(O)CCCC(O)C=CC1C2CC(OO2)C1CC=CCCCC(=O)O. The molecule has 0 aromatic rings. The third-order valence-electron chi connectivity index (χ3n) is 5.18. The van der Waals surface area contributed by atoms with Crippen molar-refractivity contribution in [3.8, 4) is 0 Å². The highest BCUT2D eigenvalue weighted by atomic mass is 17.2. The third-order valence-corrected chi connectivity index (χ3v) is 5.18. The summed E-state index contributed by atoms with van der Waals surface area (Å²) in [5.41, 5.74) is 0. The first-order valence-electron chi connectivity index (χ1n) is 9.70. The number of aliphatic hydroxyl groups is 2. The molecular formula is C20H32O6. The van der Waals surface area contributed by atoms with Crippen LogP contribution < -0.4 is 0 Å². The van der Waals surface area contributed by atoms with Gasteiger partial charge >= 0.3 is 5.97 Å². The summed E-state index contributed by atoms with van der Waals surface area (Å²) in [6, 6.07) is 0. The number of hydrogen-bond donors (Lipinski definition) is 3. The van der Waals surface area contributed by atoms with Gasteiger partial charge in [-0.25, -0.2) is 9.78 Å². The molecule has 0 amide bonds. The zero-order valence-electron chi connectivity index (χ0n) is 15.5. The van der Waals surface area contributed by atoms with Crippen LogP contribution in [0.5, 0.6) is 0 Å². The molecule has 2 rings (SSSR count). The highest BCUT2D eigenvalue weighted by Crippen LogP contribution is 2.44. The average Bonchev–Trinajstić information content (AvgIpc) is 3.17. The van der Waals surface area contributed by atoms with Crippen LogP contribution in [0.25, 0.3) is 0 Å². The molecule has 0 spiro atoms. The minimum atomic E-state index is -0.755. The van der Waals surface area contributed by atoms with Gasteiger partial charge in [0.05, 0.1) is 18.3 Å². The molecule has 2 bridgehead atoms. The van der Waals surface area contributed by atoms with Crippen molar-refractivity contribution in [3.05, 3.63) is 24.3 Å². The highest BCUT2D eigenvalue weighted by Gasteiger charge is 2.49. The Morgan fingerprint density at radius 1 is 1.15 bits per heavy atom. The first kappa shape index (κ1) is 21.1. The van der Waals surface area contributed by atoms with Gasteiger partial charge in [-0.2, -0.15) is 0 Å². The Bertz CT molecular complexity index is 487. The average molecular weight is 368 g/mol. The van der Waals surface area contributed by atoms with E-state index >= 15 is 0 Å². The van der Waals surface area contributed by atoms with Crippen molar-refractivity contribution in [2.75, 3.05) is 0 Å². The highest BCUT2D eigenvalue weighted by molar-refractivity contribution is 5.66. The van der Waals surface area contributed by atoms with E-state index in [2.05, 4.69) is 12.2 Å². The van der Waals surface area contributed by atoms with Crippen LogP contribution in [0.3, 0.4) is 0 Å². The first-order chi connectivity index (χ1) is 12.5. The lowest BCUT2D eigenvalue weighted by Gasteiger charge is -2.27. The summed E-state index contributed by atoms with van der Waals surface area (Å²) in [5.74, 6) is -0.205. The van der Waals surface area contributed by atoms with E-state index in [0.29, 0.717) is 25.2 Å². The Balaban J connectivity index is 1.77. The smallest absolute Gasteiger partial charge is 0.303 e. The molecule has 2 fully saturated rings. The molecule has 3 N–H and O–H groups in total. The van der Waals surface area contributed by atoms with Gasteiger partial charge in [-0.15, -0.1) is 0 Å². The molecule has 0 aromatic carbocycles. The van der Waals surface area contributed by atoms with Crippen molar-refractivity contribution < 1.29 is 29.9 Å². The topological polar surface area (TPSA) is 96.2 Å². The monoisotopic (exact) mass is 368 g/mol. The van der Waals surface area contributed by atoms with Gasteiger partial charge in [0.15, 0.2) is 0 Å². The molecule has 1 aliphatic carbocycles. The number of carboxylic acid groups (broad SMARTS) is 1. The molecular weight excluding hydrogens is 336 g/mol. The summed E-state index contributed by atoms with van der Waals surface area (Å²) < 4.78 is 0. The summed E-state index contributed by atoms with van der Waals surface area (Å²) in [4.78, 5) is 21.2. The second-order valence-electron chi connectivity index (χ2n) is 7.47. The molecule has 26 heavy (non-hydrogen) atoms. The van der Waals surface area contributed by atoms with Gasteiger partial charge < -0.3 is 15.3 Å². The van der Waals surface area contributed by atoms with Gasteiger partial charge in [0.25, 0.3) is 0 Å². The van der Waals surface area contributed by atoms with Crippen molar-refractivity contribution >= 4 is 5.97 Å². The molecule has 6 atom stereocenters. The van der Waals surface area contributed by atoms with Gasteiger partial charge in [-0.3, -0.25) is 4.79 Å². The number of allylic oxidation sites excluding steroid dienone is 2. The van der Waals surface area contributed by atoms with Crippen LogP contribution >= 0.6 is 0 Å². The molecule has 2 aliphatic rings. The molecule has 1 saturated heterocycles. The third kappa shape index (κ3) is 6.83. The van der Waals surface area contributed by atoms with Crippen LogP contribution in [-0.4, -0.2) is 45.7 Å². The van der Waals surface area contributed by atoms with Gasteiger partial charge in [-0.1, -0.05) is 24.3 Å². The minimum Gasteiger partial charge on any atom is -0.481 e. The largest absolute Gasteiger partial charge is 0.481 e. The molecule has 0 radical (unpaired) electrons. The molecule has 6 heteroatoms. The maximum atomic E-state index is 10.5. The predicted octanol–water partition coefficient (Wildman–Crippen LogP) is 2.99. The summed E-state index contributed by atoms with van der Waals surface area (Å²) >= 11 is 0. The zero-order valence-corrected chi connectivity index (χ0v) is 15.5. The Hall–Kier alpha value is -1.21. The lowest BCUT2D eigenvalue weighted by Crippen LogP contribution is -2.28. The van der Waals surface area contributed by atoms with Crippen LogP contribution in [0, 0.1) is 11.8 Å². The van der Waals surface area contributed by atoms with E-state index in [-0.39, 0.29) is 30.7 Å². The normalized spacial score (nSPS) is 30.4. The van der Waals surface area contributed by atoms with Crippen molar-refractivity contribution in [3.63, 3.8) is 0 Å². The molecule has 148 valence electrons. The molecule has 0 aromatic heterocycles. The van der Waals surface area contributed by atoms with Crippen molar-refractivity contribution in [2.24, 2.45) is 11.8 Å². The van der Waals surface area contributed by atoms with Crippen LogP contribution in [-0.2, 0) is 14.6 Å². The quantitative estimate of drug-likeness (QED) is 0.278. The molecule has 1 saturated carbocycles. The fourth-order valence-electron chi connectivity index (χ4n) is 3.73. The number of aliphatic carboxylic acids is 1. The van der Waals surface area contributed by atoms with Gasteiger partial charge in [0.1, 0.15) is 6.10 Å². The second-order valence-corrected chi connectivity index (χ2v) is 7.47. The lowest BCUT2D eigenvalue weighted by molar-refractivity contribution is -0.336. The van der Waals surface area contributed by atoms with E-state index in [1.54, 1.807) is 6.92 Å². The summed E-state index contributed by atoms with van der Waals surface area (Å²) in [6.45, 7) is 1.76. The number of hydrogen-bond acceptors (Lipinski definition) is 5. The molecule has 6 nitrogen and oxygen atoms in total. The summed E-state index contributed by atoms with van der Waals surface area (Å²) in [6.07, 6.45) is 12.9. The van der Waals surface area contributed by atoms with Crippen molar-refractivity contribution in [2.45, 2.75) is 82.7 Å². The number of carboxylic acids is 1. The van der Waals surface area contributed by atoms with E-state index < -0.39 is 12.1 Å². The first-order valence-corrected chi connectivity index (χ1v) is 9.70. The van der Waals surface area contributed by atoms with Crippen LogP contribution in [0.15, 0.2) is 24.3 Å². The van der Waals surface area contributed by atoms with Crippen LogP contribution in [0.2, 0.25) is 0 Å². The van der Waals surface area contributed by atoms with E-state index in [4.69, 9.17) is 14.9 Å². The Morgan fingerprint density at radius 2 is 1.92 bits per heavy atom. The second kappa shape index (κ2) is 10.8. The fraction of sp³-hybridized carbons (Fsp3) is 0.750. The fourth-order valence-corrected chi connectivity index (χ4v) is 3.73. The molecule has 1 aliphatic heterocycles.